The average molecular weight is 493 g/mol. The van der Waals surface area contributed by atoms with Crippen molar-refractivity contribution >= 4 is 23.2 Å². The van der Waals surface area contributed by atoms with Gasteiger partial charge in [-0.15, -0.1) is 0 Å². The Bertz CT molecular complexity index is 1140. The van der Waals surface area contributed by atoms with Gasteiger partial charge in [-0.2, -0.15) is 11.3 Å². The molecule has 1 aliphatic rings. The van der Waals surface area contributed by atoms with Gasteiger partial charge in [-0.25, -0.2) is 0 Å². The van der Waals surface area contributed by atoms with Crippen LogP contribution in [0.25, 0.3) is 11.1 Å². The number of benzene rings is 2. The number of thiophene rings is 1. The predicted octanol–water partition coefficient (Wildman–Crippen LogP) is 7.02. The Morgan fingerprint density at radius 1 is 1.00 bits per heavy atom. The van der Waals surface area contributed by atoms with Gasteiger partial charge >= 0.3 is 5.97 Å². The third kappa shape index (κ3) is 6.95. The third-order valence-electron chi connectivity index (χ3n) is 6.39. The number of rotatable bonds is 12. The molecule has 1 aliphatic carbocycles. The largest absolute Gasteiger partial charge is 0.493 e. The summed E-state index contributed by atoms with van der Waals surface area (Å²) < 4.78 is 15.2. The smallest absolute Gasteiger partial charge is 0.303 e. The van der Waals surface area contributed by atoms with Gasteiger partial charge in [0, 0.05) is 30.1 Å². The number of hydrogen-bond donors (Lipinski definition) is 1. The number of carbonyl (C=O) groups excluding carboxylic acids is 1. The zero-order valence-corrected chi connectivity index (χ0v) is 20.8. The Morgan fingerprint density at radius 3 is 2.49 bits per heavy atom. The van der Waals surface area contributed by atoms with E-state index >= 15 is 0 Å². The summed E-state index contributed by atoms with van der Waals surface area (Å²) in [6.45, 7) is 0.796. The molecular formula is C29H33NO4S. The summed E-state index contributed by atoms with van der Waals surface area (Å²) in [7, 11) is 0. The van der Waals surface area contributed by atoms with Crippen molar-refractivity contribution in [3.8, 4) is 16.9 Å². The Balaban J connectivity index is 1.49. The van der Waals surface area contributed by atoms with Crippen molar-refractivity contribution in [2.24, 2.45) is 0 Å². The van der Waals surface area contributed by atoms with Crippen molar-refractivity contribution < 1.29 is 20.8 Å². The summed E-state index contributed by atoms with van der Waals surface area (Å²) in [5.74, 6) is -0.196. The second kappa shape index (κ2) is 12.5. The molecule has 1 N–H and O–H groups in total. The van der Waals surface area contributed by atoms with Crippen molar-refractivity contribution in [3.63, 3.8) is 0 Å². The summed E-state index contributed by atoms with van der Waals surface area (Å²) in [5.41, 5.74) is 3.68. The molecule has 4 rings (SSSR count). The van der Waals surface area contributed by atoms with Crippen molar-refractivity contribution in [3.05, 3.63) is 76.5 Å². The van der Waals surface area contributed by atoms with E-state index in [0.717, 1.165) is 42.4 Å². The van der Waals surface area contributed by atoms with Gasteiger partial charge in [0.25, 0.3) is 5.91 Å². The topological polar surface area (TPSA) is 66.8 Å². The monoisotopic (exact) mass is 492 g/mol. The van der Waals surface area contributed by atoms with E-state index in [0.29, 0.717) is 43.7 Å². The number of unbranched alkanes of at least 4 members (excludes halogenated alkanes) is 2. The maximum absolute atomic E-state index is 13.8. The molecule has 0 spiro atoms. The van der Waals surface area contributed by atoms with Crippen molar-refractivity contribution in [1.82, 2.24) is 4.90 Å². The van der Waals surface area contributed by atoms with Gasteiger partial charge in [-0.1, -0.05) is 43.2 Å². The van der Waals surface area contributed by atoms with Crippen LogP contribution in [0, 0.1) is 0 Å². The molecule has 184 valence electrons. The average Bonchev–Trinajstić information content (AvgIpc) is 3.58. The standard InChI is InChI=1S/C29H33NO4S/c31-28(32)12-2-1-7-18-34-27-11-6-3-8-24(27)20-30(26-9-4-5-10-26)29(33)23-15-13-22(14-16-23)25-17-19-35-21-25/h3,6,8,11,13-17,19,21,26H,1-2,4-5,7,9-10,12,18,20H2,(H,31,32)/i26D. The molecule has 6 heteroatoms. The predicted molar refractivity (Wildman–Crippen MR) is 140 cm³/mol. The van der Waals surface area contributed by atoms with Crippen LogP contribution in [0.1, 0.15) is 68.7 Å². The van der Waals surface area contributed by atoms with Crippen LogP contribution in [0.2, 0.25) is 0 Å². The van der Waals surface area contributed by atoms with E-state index in [-0.39, 0.29) is 12.3 Å². The first-order chi connectivity index (χ1) is 17.5. The molecule has 0 saturated heterocycles. The second-order valence-electron chi connectivity index (χ2n) is 8.91. The summed E-state index contributed by atoms with van der Waals surface area (Å²) in [5, 5.41) is 12.9. The van der Waals surface area contributed by atoms with Crippen molar-refractivity contribution in [1.29, 1.82) is 0 Å². The Labute approximate surface area is 212 Å². The van der Waals surface area contributed by atoms with Crippen LogP contribution in [0.15, 0.2) is 65.4 Å². The lowest BCUT2D eigenvalue weighted by Crippen LogP contribution is -2.38. The van der Waals surface area contributed by atoms with E-state index in [1.807, 2.05) is 53.9 Å². The highest BCUT2D eigenvalue weighted by molar-refractivity contribution is 7.08. The number of amides is 1. The minimum absolute atomic E-state index is 0.132. The number of carboxylic acid groups (broad SMARTS) is 1. The minimum atomic E-state index is -0.937. The molecule has 0 bridgehead atoms. The minimum Gasteiger partial charge on any atom is -0.493 e. The normalized spacial score (nSPS) is 14.9. The number of ether oxygens (including phenoxy) is 1. The van der Waals surface area contributed by atoms with Crippen LogP contribution in [0.5, 0.6) is 5.75 Å². The highest BCUT2D eigenvalue weighted by Gasteiger charge is 2.28. The highest BCUT2D eigenvalue weighted by Crippen LogP contribution is 2.30. The van der Waals surface area contributed by atoms with E-state index in [2.05, 4.69) is 11.4 Å². The molecule has 0 atom stereocenters. The van der Waals surface area contributed by atoms with Crippen LogP contribution < -0.4 is 4.74 Å². The van der Waals surface area contributed by atoms with Crippen LogP contribution in [0.4, 0.5) is 0 Å². The van der Waals surface area contributed by atoms with Crippen molar-refractivity contribution in [2.45, 2.75) is 63.9 Å². The van der Waals surface area contributed by atoms with E-state index < -0.39 is 12.0 Å². The fraction of sp³-hybridized carbons (Fsp3) is 0.379. The number of nitrogens with zero attached hydrogens (tertiary/aromatic N) is 1. The van der Waals surface area contributed by atoms with Crippen LogP contribution in [-0.4, -0.2) is 34.5 Å². The lowest BCUT2D eigenvalue weighted by molar-refractivity contribution is -0.137. The summed E-state index contributed by atoms with van der Waals surface area (Å²) in [4.78, 5) is 26.2. The fourth-order valence-corrected chi connectivity index (χ4v) is 5.12. The number of hydrogen-bond acceptors (Lipinski definition) is 4. The molecule has 3 aromatic rings. The molecule has 0 unspecified atom stereocenters. The first-order valence-electron chi connectivity index (χ1n) is 12.8. The molecule has 0 aliphatic heterocycles. The van der Waals surface area contributed by atoms with Gasteiger partial charge in [0.15, 0.2) is 0 Å². The molecule has 0 radical (unpaired) electrons. The molecule has 1 aromatic heterocycles. The molecule has 1 fully saturated rings. The van der Waals surface area contributed by atoms with E-state index in [4.69, 9.17) is 11.2 Å². The van der Waals surface area contributed by atoms with Crippen LogP contribution in [-0.2, 0) is 11.3 Å². The van der Waals surface area contributed by atoms with E-state index in [9.17, 15) is 9.59 Å². The molecule has 1 saturated carbocycles. The summed E-state index contributed by atoms with van der Waals surface area (Å²) >= 11 is 1.64. The van der Waals surface area contributed by atoms with Gasteiger partial charge in [-0.3, -0.25) is 9.59 Å². The zero-order valence-electron chi connectivity index (χ0n) is 20.9. The molecule has 1 heterocycles. The Hall–Kier alpha value is -3.12. The maximum Gasteiger partial charge on any atom is 0.303 e. The van der Waals surface area contributed by atoms with Crippen molar-refractivity contribution in [2.75, 3.05) is 6.61 Å². The number of para-hydroxylation sites is 1. The fourth-order valence-electron chi connectivity index (χ4n) is 4.45. The molecule has 2 aromatic carbocycles. The van der Waals surface area contributed by atoms with Gasteiger partial charge in [0.05, 0.1) is 7.98 Å². The lowest BCUT2D eigenvalue weighted by Gasteiger charge is -2.30. The molecule has 5 nitrogen and oxygen atoms in total. The second-order valence-corrected chi connectivity index (χ2v) is 9.69. The Kier molecular flexibility index (Phi) is 8.46. The molecule has 35 heavy (non-hydrogen) atoms. The number of aliphatic carboxylic acids is 1. The maximum atomic E-state index is 13.8. The lowest BCUT2D eigenvalue weighted by atomic mass is 10.0. The zero-order chi connectivity index (χ0) is 25.4. The van der Waals surface area contributed by atoms with E-state index in [1.165, 1.54) is 0 Å². The highest BCUT2D eigenvalue weighted by atomic mass is 32.1. The van der Waals surface area contributed by atoms with Crippen LogP contribution >= 0.6 is 11.3 Å². The van der Waals surface area contributed by atoms with Gasteiger partial charge in [0.2, 0.25) is 0 Å². The number of carboxylic acids is 1. The van der Waals surface area contributed by atoms with Gasteiger partial charge in [0.1, 0.15) is 5.75 Å². The third-order valence-corrected chi connectivity index (χ3v) is 7.07. The first kappa shape index (κ1) is 23.6. The summed E-state index contributed by atoms with van der Waals surface area (Å²) in [6, 6.07) is 16.5. The summed E-state index contributed by atoms with van der Waals surface area (Å²) in [6.07, 6.45) is 5.58. The van der Waals surface area contributed by atoms with Crippen LogP contribution in [0.3, 0.4) is 0 Å². The molecule has 1 amide bonds. The SMILES string of the molecule is [2H]C1(N(Cc2ccccc2OCCCCCC(=O)O)C(=O)c2ccc(-c3ccsc3)cc2)CCCC1. The Morgan fingerprint density at radius 2 is 1.77 bits per heavy atom. The number of carbonyl (C=O) groups is 2. The molecular weight excluding hydrogens is 458 g/mol. The van der Waals surface area contributed by atoms with Gasteiger partial charge < -0.3 is 14.7 Å². The van der Waals surface area contributed by atoms with E-state index in [1.54, 1.807) is 16.2 Å². The first-order valence-corrected chi connectivity index (χ1v) is 13.3. The van der Waals surface area contributed by atoms with Gasteiger partial charge in [-0.05, 0) is 78.3 Å². The quantitative estimate of drug-likeness (QED) is 0.276.